The van der Waals surface area contributed by atoms with E-state index in [1.54, 1.807) is 12.4 Å². The lowest BCUT2D eigenvalue weighted by atomic mass is 9.98. The van der Waals surface area contributed by atoms with Crippen LogP contribution in [0.15, 0.2) is 84.7 Å². The van der Waals surface area contributed by atoms with Crippen molar-refractivity contribution in [2.45, 2.75) is 13.1 Å². The van der Waals surface area contributed by atoms with E-state index in [2.05, 4.69) is 21.4 Å². The number of hydrogen-bond donors (Lipinski definition) is 1. The summed E-state index contributed by atoms with van der Waals surface area (Å²) in [6.07, 6.45) is 9.42. The van der Waals surface area contributed by atoms with Crippen LogP contribution in [0.3, 0.4) is 0 Å². The first-order valence-electron chi connectivity index (χ1n) is 7.90. The highest BCUT2D eigenvalue weighted by atomic mass is 15.1. The van der Waals surface area contributed by atoms with E-state index in [4.69, 9.17) is 5.41 Å². The monoisotopic (exact) mass is 316 g/mol. The Kier molecular flexibility index (Phi) is 5.08. The molecule has 4 nitrogen and oxygen atoms in total. The van der Waals surface area contributed by atoms with Gasteiger partial charge in [-0.05, 0) is 35.4 Å². The second-order valence-corrected chi connectivity index (χ2v) is 5.74. The van der Waals surface area contributed by atoms with Gasteiger partial charge in [0.15, 0.2) is 0 Å². The third kappa shape index (κ3) is 4.12. The summed E-state index contributed by atoms with van der Waals surface area (Å²) in [5.41, 5.74) is 4.23. The van der Waals surface area contributed by atoms with Crippen molar-refractivity contribution >= 4 is 5.71 Å². The third-order valence-corrected chi connectivity index (χ3v) is 3.85. The second-order valence-electron chi connectivity index (χ2n) is 5.74. The summed E-state index contributed by atoms with van der Waals surface area (Å²) >= 11 is 0. The molecule has 4 heteroatoms. The molecule has 0 radical (unpaired) electrons. The Morgan fingerprint density at radius 2 is 1.54 bits per heavy atom. The van der Waals surface area contributed by atoms with Crippen LogP contribution < -0.4 is 0 Å². The van der Waals surface area contributed by atoms with Gasteiger partial charge < -0.3 is 0 Å². The minimum absolute atomic E-state index is 0.504. The highest BCUT2D eigenvalue weighted by molar-refractivity contribution is 6.13. The molecule has 0 amide bonds. The lowest BCUT2D eigenvalue weighted by molar-refractivity contribution is 0.276. The average molecular weight is 316 g/mol. The molecule has 0 aliphatic heterocycles. The minimum Gasteiger partial charge on any atom is -0.300 e. The van der Waals surface area contributed by atoms with Crippen molar-refractivity contribution in [1.29, 1.82) is 5.41 Å². The Labute approximate surface area is 142 Å². The SMILES string of the molecule is C=C1C=CC=C(CN(Cc2ccccn2)Cc2ccccn2)C1=N. The molecule has 24 heavy (non-hydrogen) atoms. The molecular formula is C20H20N4. The van der Waals surface area contributed by atoms with Gasteiger partial charge in [0.05, 0.1) is 17.1 Å². The van der Waals surface area contributed by atoms with Crippen molar-refractivity contribution < 1.29 is 0 Å². The molecule has 1 aliphatic rings. The first-order valence-corrected chi connectivity index (χ1v) is 7.90. The largest absolute Gasteiger partial charge is 0.300 e. The number of allylic oxidation sites excluding steroid dienone is 4. The van der Waals surface area contributed by atoms with E-state index < -0.39 is 0 Å². The van der Waals surface area contributed by atoms with Crippen LogP contribution in [0.1, 0.15) is 11.4 Å². The number of nitrogens with zero attached hydrogens (tertiary/aromatic N) is 3. The first-order chi connectivity index (χ1) is 11.7. The molecule has 2 aromatic rings. The van der Waals surface area contributed by atoms with Gasteiger partial charge in [-0.3, -0.25) is 20.3 Å². The molecule has 1 N–H and O–H groups in total. The highest BCUT2D eigenvalue weighted by Crippen LogP contribution is 2.16. The maximum absolute atomic E-state index is 8.23. The fraction of sp³-hybridized carbons (Fsp3) is 0.150. The van der Waals surface area contributed by atoms with E-state index in [0.29, 0.717) is 25.3 Å². The van der Waals surface area contributed by atoms with E-state index >= 15 is 0 Å². The quantitative estimate of drug-likeness (QED) is 0.886. The number of pyridine rings is 2. The third-order valence-electron chi connectivity index (χ3n) is 3.85. The van der Waals surface area contributed by atoms with Gasteiger partial charge in [-0.1, -0.05) is 36.9 Å². The lowest BCUT2D eigenvalue weighted by Crippen LogP contribution is -2.28. The Morgan fingerprint density at radius 1 is 0.917 bits per heavy atom. The summed E-state index contributed by atoms with van der Waals surface area (Å²) in [5, 5.41) is 8.23. The summed E-state index contributed by atoms with van der Waals surface area (Å²) in [6.45, 7) is 6.00. The van der Waals surface area contributed by atoms with Crippen molar-refractivity contribution in [3.63, 3.8) is 0 Å². The number of nitrogens with one attached hydrogen (secondary N) is 1. The molecule has 2 heterocycles. The predicted octanol–water partition coefficient (Wildman–Crippen LogP) is 3.55. The fourth-order valence-electron chi connectivity index (χ4n) is 2.64. The molecule has 1 aliphatic carbocycles. The standard InChI is InChI=1S/C20H20N4/c1-16-7-6-8-17(20(16)21)13-24(14-18-9-2-4-11-22-18)15-19-10-3-5-12-23-19/h2-12,21H,1,13-15H2. The van der Waals surface area contributed by atoms with E-state index in [1.807, 2.05) is 54.6 Å². The normalized spacial score (nSPS) is 14.1. The van der Waals surface area contributed by atoms with Gasteiger partial charge in [0, 0.05) is 32.0 Å². The molecule has 0 saturated carbocycles. The smallest absolute Gasteiger partial charge is 0.0651 e. The molecule has 0 aromatic carbocycles. The molecule has 2 aromatic heterocycles. The van der Waals surface area contributed by atoms with Gasteiger partial charge in [0.1, 0.15) is 0 Å². The Hall–Kier alpha value is -2.85. The van der Waals surface area contributed by atoms with Crippen LogP contribution in [0.2, 0.25) is 0 Å². The van der Waals surface area contributed by atoms with Gasteiger partial charge in [-0.25, -0.2) is 0 Å². The summed E-state index contributed by atoms with van der Waals surface area (Å²) in [5.74, 6) is 0. The zero-order chi connectivity index (χ0) is 16.8. The van der Waals surface area contributed by atoms with Crippen molar-refractivity contribution in [2.75, 3.05) is 6.54 Å². The van der Waals surface area contributed by atoms with E-state index in [9.17, 15) is 0 Å². The Balaban J connectivity index is 1.79. The average Bonchev–Trinajstić information content (AvgIpc) is 2.61. The zero-order valence-corrected chi connectivity index (χ0v) is 13.5. The van der Waals surface area contributed by atoms with Gasteiger partial charge in [0.2, 0.25) is 0 Å². The van der Waals surface area contributed by atoms with Crippen LogP contribution >= 0.6 is 0 Å². The van der Waals surface area contributed by atoms with Crippen LogP contribution in [0.25, 0.3) is 0 Å². The van der Waals surface area contributed by atoms with Gasteiger partial charge in [0.25, 0.3) is 0 Å². The predicted molar refractivity (Wildman–Crippen MR) is 96.7 cm³/mol. The first kappa shape index (κ1) is 16.0. The molecule has 3 rings (SSSR count). The van der Waals surface area contributed by atoms with Crippen molar-refractivity contribution in [1.82, 2.24) is 14.9 Å². The van der Waals surface area contributed by atoms with Crippen LogP contribution in [0, 0.1) is 5.41 Å². The molecule has 0 fully saturated rings. The molecule has 0 atom stereocenters. The topological polar surface area (TPSA) is 52.9 Å². The van der Waals surface area contributed by atoms with Crippen LogP contribution in [-0.4, -0.2) is 27.1 Å². The van der Waals surface area contributed by atoms with E-state index in [0.717, 1.165) is 22.5 Å². The van der Waals surface area contributed by atoms with E-state index in [1.165, 1.54) is 0 Å². The second kappa shape index (κ2) is 7.62. The Bertz CT molecular complexity index is 734. The summed E-state index contributed by atoms with van der Waals surface area (Å²) < 4.78 is 0. The fourth-order valence-corrected chi connectivity index (χ4v) is 2.64. The van der Waals surface area contributed by atoms with Crippen LogP contribution in [0.4, 0.5) is 0 Å². The maximum Gasteiger partial charge on any atom is 0.0651 e. The molecule has 0 unspecified atom stereocenters. The Morgan fingerprint density at radius 3 is 2.08 bits per heavy atom. The van der Waals surface area contributed by atoms with Crippen LogP contribution in [0.5, 0.6) is 0 Å². The summed E-state index contributed by atoms with van der Waals surface area (Å²) in [4.78, 5) is 11.1. The number of aromatic nitrogens is 2. The molecule has 0 spiro atoms. The van der Waals surface area contributed by atoms with E-state index in [-0.39, 0.29) is 0 Å². The zero-order valence-electron chi connectivity index (χ0n) is 13.5. The summed E-state index contributed by atoms with van der Waals surface area (Å²) in [6, 6.07) is 11.9. The van der Waals surface area contributed by atoms with Gasteiger partial charge >= 0.3 is 0 Å². The molecule has 120 valence electrons. The number of hydrogen-bond acceptors (Lipinski definition) is 4. The lowest BCUT2D eigenvalue weighted by Gasteiger charge is -2.24. The molecule has 0 bridgehead atoms. The van der Waals surface area contributed by atoms with Gasteiger partial charge in [-0.2, -0.15) is 0 Å². The maximum atomic E-state index is 8.23. The summed E-state index contributed by atoms with van der Waals surface area (Å²) in [7, 11) is 0. The highest BCUT2D eigenvalue weighted by Gasteiger charge is 2.16. The van der Waals surface area contributed by atoms with Gasteiger partial charge in [-0.15, -0.1) is 0 Å². The minimum atomic E-state index is 0.504. The molecular weight excluding hydrogens is 296 g/mol. The number of rotatable bonds is 6. The van der Waals surface area contributed by atoms with Crippen molar-refractivity contribution in [3.05, 3.63) is 96.1 Å². The van der Waals surface area contributed by atoms with Crippen molar-refractivity contribution in [2.24, 2.45) is 0 Å². The van der Waals surface area contributed by atoms with Crippen molar-refractivity contribution in [3.8, 4) is 0 Å². The molecule has 0 saturated heterocycles. The van der Waals surface area contributed by atoms with Crippen LogP contribution in [-0.2, 0) is 13.1 Å².